The van der Waals surface area contributed by atoms with E-state index in [1.807, 2.05) is 41.1 Å². The average molecular weight is 406 g/mol. The van der Waals surface area contributed by atoms with Crippen molar-refractivity contribution in [2.24, 2.45) is 0 Å². The molecular weight excluding hydrogens is 376 g/mol. The molecule has 1 aliphatic carbocycles. The molecule has 30 heavy (non-hydrogen) atoms. The van der Waals surface area contributed by atoms with Crippen molar-refractivity contribution in [3.8, 4) is 5.69 Å². The number of aryl methyl sites for hydroxylation is 2. The summed E-state index contributed by atoms with van der Waals surface area (Å²) in [6.07, 6.45) is 4.15. The molecule has 0 atom stereocenters. The molecule has 1 saturated carbocycles. The van der Waals surface area contributed by atoms with Gasteiger partial charge < -0.3 is 10.6 Å². The van der Waals surface area contributed by atoms with Crippen LogP contribution in [0.1, 0.15) is 48.2 Å². The van der Waals surface area contributed by atoms with E-state index in [-0.39, 0.29) is 11.4 Å². The summed E-state index contributed by atoms with van der Waals surface area (Å²) in [5.41, 5.74) is 4.13. The van der Waals surface area contributed by atoms with E-state index < -0.39 is 0 Å². The number of tetrazole rings is 1. The molecule has 7 heteroatoms. The molecule has 1 amide bonds. The predicted octanol–water partition coefficient (Wildman–Crippen LogP) is 1.93. The Bertz CT molecular complexity index is 987. The van der Waals surface area contributed by atoms with Crippen LogP contribution in [0.4, 0.5) is 0 Å². The number of nitrogens with zero attached hydrogens (tertiary/aromatic N) is 4. The van der Waals surface area contributed by atoms with Crippen molar-refractivity contribution in [3.05, 3.63) is 71.0 Å². The number of carbonyl (C=O) groups excluding carboxylic acids is 1. The summed E-state index contributed by atoms with van der Waals surface area (Å²) < 4.78 is 1.88. The molecule has 156 valence electrons. The van der Waals surface area contributed by atoms with Gasteiger partial charge in [0.1, 0.15) is 0 Å². The lowest BCUT2D eigenvalue weighted by Gasteiger charge is -2.26. The van der Waals surface area contributed by atoms with Crippen LogP contribution in [-0.4, -0.2) is 32.7 Å². The quantitative estimate of drug-likeness (QED) is 0.629. The molecule has 0 spiro atoms. The van der Waals surface area contributed by atoms with Gasteiger partial charge in [-0.1, -0.05) is 48.5 Å². The number of hydrogen-bond acceptors (Lipinski definition) is 4. The molecule has 0 saturated heterocycles. The van der Waals surface area contributed by atoms with E-state index in [1.165, 1.54) is 0 Å². The van der Waals surface area contributed by atoms with E-state index in [2.05, 4.69) is 52.1 Å². The Morgan fingerprint density at radius 3 is 2.47 bits per heavy atom. The van der Waals surface area contributed by atoms with Gasteiger partial charge in [0.15, 0.2) is 12.1 Å². The molecule has 1 aliphatic rings. The van der Waals surface area contributed by atoms with Crippen molar-refractivity contribution >= 4 is 5.91 Å². The minimum absolute atomic E-state index is 0.0243. The molecule has 1 heterocycles. The van der Waals surface area contributed by atoms with E-state index in [9.17, 15) is 4.79 Å². The second kappa shape index (κ2) is 8.75. The van der Waals surface area contributed by atoms with Gasteiger partial charge in [0.25, 0.3) is 5.91 Å². The maximum atomic E-state index is 12.5. The van der Waals surface area contributed by atoms with Gasteiger partial charge >= 0.3 is 0 Å². The lowest BCUT2D eigenvalue weighted by molar-refractivity contribution is -0.728. The van der Waals surface area contributed by atoms with E-state index >= 15 is 0 Å². The first-order chi connectivity index (χ1) is 14.6. The standard InChI is InChI=1S/C23H28N6O/c1-17-9-8-10-18(2)21(17)29-22(26-27-28-29)23(13-6-7-14-23)25-16-20(30)24-15-19-11-4-3-5-12-19/h3-5,8-12,25H,6-7,13-16H2,1-2H3,(H,24,30)/p+1. The molecule has 3 aromatic rings. The zero-order chi connectivity index (χ0) is 21.0. The number of quaternary nitrogens is 1. The Labute approximate surface area is 176 Å². The number of nitrogens with one attached hydrogen (secondary N) is 1. The van der Waals surface area contributed by atoms with Gasteiger partial charge in [0.05, 0.1) is 5.69 Å². The number of aromatic nitrogens is 4. The van der Waals surface area contributed by atoms with Gasteiger partial charge in [-0.3, -0.25) is 4.79 Å². The Balaban J connectivity index is 1.52. The maximum absolute atomic E-state index is 12.5. The van der Waals surface area contributed by atoms with Crippen LogP contribution in [0.5, 0.6) is 0 Å². The largest absolute Gasteiger partial charge is 0.347 e. The third-order valence-corrected chi connectivity index (χ3v) is 6.07. The fourth-order valence-electron chi connectivity index (χ4n) is 4.47. The minimum atomic E-state index is -0.275. The van der Waals surface area contributed by atoms with Gasteiger partial charge in [-0.15, -0.1) is 5.10 Å². The van der Waals surface area contributed by atoms with Crippen LogP contribution >= 0.6 is 0 Å². The highest BCUT2D eigenvalue weighted by molar-refractivity contribution is 5.76. The maximum Gasteiger partial charge on any atom is 0.275 e. The molecule has 0 aliphatic heterocycles. The van der Waals surface area contributed by atoms with Gasteiger partial charge in [-0.05, 0) is 53.8 Å². The first-order valence-corrected chi connectivity index (χ1v) is 10.6. The van der Waals surface area contributed by atoms with E-state index in [0.29, 0.717) is 13.1 Å². The van der Waals surface area contributed by atoms with Gasteiger partial charge in [-0.25, -0.2) is 0 Å². The lowest BCUT2D eigenvalue weighted by Crippen LogP contribution is -2.96. The molecule has 3 N–H and O–H groups in total. The number of para-hydroxylation sites is 1. The van der Waals surface area contributed by atoms with Gasteiger partial charge in [0, 0.05) is 19.4 Å². The van der Waals surface area contributed by atoms with Crippen molar-refractivity contribution in [2.45, 2.75) is 51.6 Å². The first-order valence-electron chi connectivity index (χ1n) is 10.6. The molecule has 1 aromatic heterocycles. The van der Waals surface area contributed by atoms with Gasteiger partial charge in [0.2, 0.25) is 5.82 Å². The smallest absolute Gasteiger partial charge is 0.275 e. The van der Waals surface area contributed by atoms with Crippen LogP contribution in [0, 0.1) is 13.8 Å². The predicted molar refractivity (Wildman–Crippen MR) is 114 cm³/mol. The number of hydrogen-bond donors (Lipinski definition) is 2. The highest BCUT2D eigenvalue weighted by Gasteiger charge is 2.45. The topological polar surface area (TPSA) is 89.3 Å². The SMILES string of the molecule is Cc1cccc(C)c1-n1nnnc1C1([NH2+]CC(=O)NCc2ccccc2)CCCC1. The molecular formula is C23H29N6O+. The molecule has 0 bridgehead atoms. The monoisotopic (exact) mass is 405 g/mol. The van der Waals surface area contributed by atoms with Crippen LogP contribution in [0.2, 0.25) is 0 Å². The van der Waals surface area contributed by atoms with E-state index in [1.54, 1.807) is 0 Å². The number of carbonyl (C=O) groups is 1. The van der Waals surface area contributed by atoms with Gasteiger partial charge in [-0.2, -0.15) is 4.68 Å². The van der Waals surface area contributed by atoms with Crippen LogP contribution in [-0.2, 0) is 16.9 Å². The first kappa shape index (κ1) is 20.2. The summed E-state index contributed by atoms with van der Waals surface area (Å²) in [5.74, 6) is 0.865. The van der Waals surface area contributed by atoms with Crippen LogP contribution in [0.15, 0.2) is 48.5 Å². The summed E-state index contributed by atoms with van der Waals surface area (Å²) in [5, 5.41) is 17.9. The number of benzene rings is 2. The zero-order valence-corrected chi connectivity index (χ0v) is 17.6. The highest BCUT2D eigenvalue weighted by atomic mass is 16.1. The molecule has 7 nitrogen and oxygen atoms in total. The summed E-state index contributed by atoms with van der Waals surface area (Å²) >= 11 is 0. The number of amides is 1. The highest BCUT2D eigenvalue weighted by Crippen LogP contribution is 2.35. The fraction of sp³-hybridized carbons (Fsp3) is 0.391. The molecule has 1 fully saturated rings. The molecule has 0 radical (unpaired) electrons. The Morgan fingerprint density at radius 2 is 1.77 bits per heavy atom. The van der Waals surface area contributed by atoms with Crippen molar-refractivity contribution in [1.82, 2.24) is 25.5 Å². The second-order valence-electron chi connectivity index (χ2n) is 8.19. The Morgan fingerprint density at radius 1 is 1.07 bits per heavy atom. The zero-order valence-electron chi connectivity index (χ0n) is 17.6. The number of nitrogens with two attached hydrogens (primary N) is 1. The van der Waals surface area contributed by atoms with Crippen molar-refractivity contribution in [3.63, 3.8) is 0 Å². The summed E-state index contributed by atoms with van der Waals surface area (Å²) in [4.78, 5) is 12.5. The van der Waals surface area contributed by atoms with Crippen LogP contribution in [0.3, 0.4) is 0 Å². The third-order valence-electron chi connectivity index (χ3n) is 6.07. The van der Waals surface area contributed by atoms with Crippen LogP contribution < -0.4 is 10.6 Å². The lowest BCUT2D eigenvalue weighted by atomic mass is 9.95. The molecule has 2 aromatic carbocycles. The summed E-state index contributed by atoms with van der Waals surface area (Å²) in [6.45, 7) is 5.05. The fourth-order valence-corrected chi connectivity index (χ4v) is 4.47. The van der Waals surface area contributed by atoms with E-state index in [4.69, 9.17) is 0 Å². The van der Waals surface area contributed by atoms with E-state index in [0.717, 1.165) is 53.9 Å². The second-order valence-corrected chi connectivity index (χ2v) is 8.19. The normalized spacial score (nSPS) is 15.3. The number of rotatable bonds is 7. The average Bonchev–Trinajstić information content (AvgIpc) is 3.42. The minimum Gasteiger partial charge on any atom is -0.347 e. The molecule has 0 unspecified atom stereocenters. The van der Waals surface area contributed by atoms with Crippen molar-refractivity contribution in [2.75, 3.05) is 6.54 Å². The summed E-state index contributed by atoms with van der Waals surface area (Å²) in [7, 11) is 0. The third kappa shape index (κ3) is 4.11. The van der Waals surface area contributed by atoms with Crippen molar-refractivity contribution < 1.29 is 10.1 Å². The Hall–Kier alpha value is -3.06. The van der Waals surface area contributed by atoms with Crippen molar-refractivity contribution in [1.29, 1.82) is 0 Å². The summed E-state index contributed by atoms with van der Waals surface area (Å²) in [6, 6.07) is 16.2. The Kier molecular flexibility index (Phi) is 5.90. The molecule has 4 rings (SSSR count). The van der Waals surface area contributed by atoms with Crippen LogP contribution in [0.25, 0.3) is 5.69 Å².